The summed E-state index contributed by atoms with van der Waals surface area (Å²) >= 11 is 5.32. The molecule has 1 rings (SSSR count). The van der Waals surface area contributed by atoms with Gasteiger partial charge in [0, 0.05) is 0 Å². The molecular formula is C8H5ClF4O. The average molecular weight is 229 g/mol. The highest BCUT2D eigenvalue weighted by Gasteiger charge is 2.34. The first kappa shape index (κ1) is 11.3. The van der Waals surface area contributed by atoms with E-state index in [1.54, 1.807) is 0 Å². The van der Waals surface area contributed by atoms with Gasteiger partial charge in [-0.15, -0.1) is 0 Å². The minimum absolute atomic E-state index is 0.279. The molecule has 0 fully saturated rings. The standard InChI is InChI=1S/C8H5ClF4O/c9-7-4(3-14)1-5(10)2-6(7)8(11,12)13/h1-2,14H,3H2. The van der Waals surface area contributed by atoms with E-state index in [2.05, 4.69) is 0 Å². The summed E-state index contributed by atoms with van der Waals surface area (Å²) in [6.45, 7) is -0.736. The van der Waals surface area contributed by atoms with Gasteiger partial charge in [0.25, 0.3) is 0 Å². The number of aliphatic hydroxyl groups excluding tert-OH is 1. The van der Waals surface area contributed by atoms with E-state index < -0.39 is 29.2 Å². The lowest BCUT2D eigenvalue weighted by Crippen LogP contribution is -2.08. The van der Waals surface area contributed by atoms with Crippen LogP contribution in [-0.4, -0.2) is 5.11 Å². The Morgan fingerprint density at radius 3 is 2.29 bits per heavy atom. The van der Waals surface area contributed by atoms with Gasteiger partial charge in [0.15, 0.2) is 0 Å². The minimum atomic E-state index is -4.72. The van der Waals surface area contributed by atoms with Gasteiger partial charge in [-0.05, 0) is 17.7 Å². The topological polar surface area (TPSA) is 20.2 Å². The maximum absolute atomic E-state index is 12.7. The van der Waals surface area contributed by atoms with Gasteiger partial charge in [-0.1, -0.05) is 11.6 Å². The molecule has 0 aliphatic carbocycles. The van der Waals surface area contributed by atoms with Crippen LogP contribution in [0.1, 0.15) is 11.1 Å². The van der Waals surface area contributed by atoms with E-state index in [9.17, 15) is 17.6 Å². The molecule has 0 amide bonds. The predicted octanol–water partition coefficient (Wildman–Crippen LogP) is 2.99. The Balaban J connectivity index is 3.37. The predicted molar refractivity (Wildman–Crippen MR) is 42.3 cm³/mol. The second-order valence-electron chi connectivity index (χ2n) is 2.58. The Hall–Kier alpha value is -0.810. The Kier molecular flexibility index (Phi) is 3.01. The molecule has 14 heavy (non-hydrogen) atoms. The van der Waals surface area contributed by atoms with Gasteiger partial charge in [-0.2, -0.15) is 13.2 Å². The van der Waals surface area contributed by atoms with Crippen molar-refractivity contribution in [2.75, 3.05) is 0 Å². The first-order valence-electron chi connectivity index (χ1n) is 3.52. The average Bonchev–Trinajstić information content (AvgIpc) is 2.06. The summed E-state index contributed by atoms with van der Waals surface area (Å²) in [7, 11) is 0. The van der Waals surface area contributed by atoms with E-state index in [-0.39, 0.29) is 5.56 Å². The molecule has 0 saturated heterocycles. The van der Waals surface area contributed by atoms with Gasteiger partial charge >= 0.3 is 6.18 Å². The minimum Gasteiger partial charge on any atom is -0.392 e. The first-order chi connectivity index (χ1) is 6.36. The van der Waals surface area contributed by atoms with Crippen molar-refractivity contribution in [2.45, 2.75) is 12.8 Å². The van der Waals surface area contributed by atoms with Crippen LogP contribution in [0.5, 0.6) is 0 Å². The second kappa shape index (κ2) is 3.74. The van der Waals surface area contributed by atoms with Gasteiger partial charge in [-0.3, -0.25) is 0 Å². The molecule has 0 aliphatic rings. The van der Waals surface area contributed by atoms with Crippen molar-refractivity contribution in [3.8, 4) is 0 Å². The molecule has 0 aliphatic heterocycles. The van der Waals surface area contributed by atoms with E-state index in [0.717, 1.165) is 6.07 Å². The van der Waals surface area contributed by atoms with Crippen LogP contribution in [0, 0.1) is 5.82 Å². The van der Waals surface area contributed by atoms with E-state index in [0.29, 0.717) is 6.07 Å². The SMILES string of the molecule is OCc1cc(F)cc(C(F)(F)F)c1Cl. The van der Waals surface area contributed by atoms with E-state index in [1.807, 2.05) is 0 Å². The Bertz CT molecular complexity index is 348. The van der Waals surface area contributed by atoms with Crippen molar-refractivity contribution in [1.82, 2.24) is 0 Å². The number of rotatable bonds is 1. The number of aliphatic hydroxyl groups is 1. The fourth-order valence-corrected chi connectivity index (χ4v) is 1.24. The maximum Gasteiger partial charge on any atom is 0.417 e. The Morgan fingerprint density at radius 2 is 1.86 bits per heavy atom. The summed E-state index contributed by atoms with van der Waals surface area (Å²) in [5.41, 5.74) is -1.55. The molecule has 0 aromatic heterocycles. The lowest BCUT2D eigenvalue weighted by molar-refractivity contribution is -0.137. The molecule has 0 radical (unpaired) electrons. The molecule has 0 bridgehead atoms. The third-order valence-corrected chi connectivity index (χ3v) is 2.03. The van der Waals surface area contributed by atoms with Crippen LogP contribution < -0.4 is 0 Å². The van der Waals surface area contributed by atoms with Crippen molar-refractivity contribution < 1.29 is 22.7 Å². The summed E-state index contributed by atoms with van der Waals surface area (Å²) in [6, 6.07) is 1.05. The lowest BCUT2D eigenvalue weighted by atomic mass is 10.1. The highest BCUT2D eigenvalue weighted by molar-refractivity contribution is 6.32. The molecular weight excluding hydrogens is 224 g/mol. The molecule has 1 aromatic carbocycles. The van der Waals surface area contributed by atoms with E-state index in [1.165, 1.54) is 0 Å². The Morgan fingerprint density at radius 1 is 1.29 bits per heavy atom. The summed E-state index contributed by atoms with van der Waals surface area (Å²) in [5, 5.41) is 7.95. The number of hydrogen-bond donors (Lipinski definition) is 1. The maximum atomic E-state index is 12.7. The zero-order chi connectivity index (χ0) is 10.9. The van der Waals surface area contributed by atoms with Gasteiger partial charge in [0.05, 0.1) is 17.2 Å². The van der Waals surface area contributed by atoms with Gasteiger partial charge in [-0.25, -0.2) is 4.39 Å². The third-order valence-electron chi connectivity index (χ3n) is 1.59. The smallest absolute Gasteiger partial charge is 0.392 e. The normalized spacial score (nSPS) is 11.9. The summed E-state index contributed by atoms with van der Waals surface area (Å²) in [4.78, 5) is 0. The molecule has 1 aromatic rings. The second-order valence-corrected chi connectivity index (χ2v) is 2.96. The first-order valence-corrected chi connectivity index (χ1v) is 3.90. The van der Waals surface area contributed by atoms with Crippen LogP contribution in [0.2, 0.25) is 5.02 Å². The molecule has 1 N–H and O–H groups in total. The number of alkyl halides is 3. The largest absolute Gasteiger partial charge is 0.417 e. The van der Waals surface area contributed by atoms with Crippen molar-refractivity contribution in [1.29, 1.82) is 0 Å². The highest BCUT2D eigenvalue weighted by atomic mass is 35.5. The van der Waals surface area contributed by atoms with E-state index >= 15 is 0 Å². The summed E-state index contributed by atoms with van der Waals surface area (Å²) in [5.74, 6) is -1.08. The van der Waals surface area contributed by atoms with Gasteiger partial charge < -0.3 is 5.11 Å². The molecule has 0 spiro atoms. The van der Waals surface area contributed by atoms with Crippen LogP contribution in [0.25, 0.3) is 0 Å². The summed E-state index contributed by atoms with van der Waals surface area (Å²) in [6.07, 6.45) is -4.72. The molecule has 78 valence electrons. The van der Waals surface area contributed by atoms with Crippen LogP contribution in [0.4, 0.5) is 17.6 Å². The van der Waals surface area contributed by atoms with Crippen LogP contribution in [0.15, 0.2) is 12.1 Å². The van der Waals surface area contributed by atoms with Crippen molar-refractivity contribution >= 4 is 11.6 Å². The fraction of sp³-hybridized carbons (Fsp3) is 0.250. The third kappa shape index (κ3) is 2.16. The highest BCUT2D eigenvalue weighted by Crippen LogP contribution is 2.36. The Labute approximate surface area is 81.9 Å². The van der Waals surface area contributed by atoms with Crippen molar-refractivity contribution in [3.05, 3.63) is 34.1 Å². The molecule has 0 atom stereocenters. The molecule has 1 nitrogen and oxygen atoms in total. The van der Waals surface area contributed by atoms with Gasteiger partial charge in [0.2, 0.25) is 0 Å². The van der Waals surface area contributed by atoms with Crippen LogP contribution >= 0.6 is 11.6 Å². The lowest BCUT2D eigenvalue weighted by Gasteiger charge is -2.11. The fourth-order valence-electron chi connectivity index (χ4n) is 0.967. The monoisotopic (exact) mass is 228 g/mol. The van der Waals surface area contributed by atoms with Crippen molar-refractivity contribution in [3.63, 3.8) is 0 Å². The van der Waals surface area contributed by atoms with Crippen LogP contribution in [-0.2, 0) is 12.8 Å². The van der Waals surface area contributed by atoms with E-state index in [4.69, 9.17) is 16.7 Å². The number of hydrogen-bond acceptors (Lipinski definition) is 1. The zero-order valence-corrected chi connectivity index (χ0v) is 7.45. The molecule has 6 heteroatoms. The zero-order valence-electron chi connectivity index (χ0n) is 6.70. The molecule has 0 heterocycles. The summed E-state index contributed by atoms with van der Waals surface area (Å²) < 4.78 is 49.3. The van der Waals surface area contributed by atoms with Crippen LogP contribution in [0.3, 0.4) is 0 Å². The van der Waals surface area contributed by atoms with Gasteiger partial charge in [0.1, 0.15) is 5.82 Å². The number of benzene rings is 1. The quantitative estimate of drug-likeness (QED) is 0.733. The number of halogens is 5. The molecule has 0 unspecified atom stereocenters. The van der Waals surface area contributed by atoms with Crippen molar-refractivity contribution in [2.24, 2.45) is 0 Å². The molecule has 0 saturated carbocycles.